The number of hydrogen-bond donors (Lipinski definition) is 3. The van der Waals surface area contributed by atoms with Gasteiger partial charge in [-0.25, -0.2) is 9.13 Å². The first kappa shape index (κ1) is 94.1. The first-order valence-corrected chi connectivity index (χ1v) is 42.8. The third-order valence-corrected chi connectivity index (χ3v) is 20.4. The first-order valence-electron chi connectivity index (χ1n) is 39.8. The predicted octanol–water partition coefficient (Wildman–Crippen LogP) is 22.4. The highest BCUT2D eigenvalue weighted by Gasteiger charge is 2.30. The van der Waals surface area contributed by atoms with Gasteiger partial charge in [-0.15, -0.1) is 0 Å². The summed E-state index contributed by atoms with van der Waals surface area (Å²) in [4.78, 5) is 72.9. The van der Waals surface area contributed by atoms with Crippen molar-refractivity contribution >= 4 is 39.5 Å². The topological polar surface area (TPSA) is 237 Å². The molecule has 570 valence electrons. The quantitative estimate of drug-likeness (QED) is 0.0222. The van der Waals surface area contributed by atoms with E-state index in [0.29, 0.717) is 25.7 Å². The van der Waals surface area contributed by atoms with Crippen molar-refractivity contribution < 1.29 is 80.2 Å². The van der Waals surface area contributed by atoms with Crippen molar-refractivity contribution in [3.63, 3.8) is 0 Å². The highest BCUT2D eigenvalue weighted by Crippen LogP contribution is 2.45. The average molecular weight is 1410 g/mol. The van der Waals surface area contributed by atoms with Crippen LogP contribution in [0, 0.1) is 23.7 Å². The molecule has 0 radical (unpaired) electrons. The van der Waals surface area contributed by atoms with Gasteiger partial charge in [-0.1, -0.05) is 338 Å². The molecule has 0 saturated carbocycles. The molecule has 0 rings (SSSR count). The predicted molar refractivity (Wildman–Crippen MR) is 391 cm³/mol. The largest absolute Gasteiger partial charge is 0.472 e. The molecule has 0 spiro atoms. The Morgan fingerprint density at radius 1 is 0.292 bits per heavy atom. The van der Waals surface area contributed by atoms with Gasteiger partial charge in [-0.05, 0) is 49.4 Å². The zero-order chi connectivity index (χ0) is 71.0. The fourth-order valence-electron chi connectivity index (χ4n) is 11.7. The zero-order valence-electron chi connectivity index (χ0n) is 63.0. The fourth-order valence-corrected chi connectivity index (χ4v) is 13.2. The summed E-state index contributed by atoms with van der Waals surface area (Å²) < 4.78 is 68.6. The van der Waals surface area contributed by atoms with Crippen LogP contribution >= 0.6 is 15.6 Å². The molecule has 0 aromatic heterocycles. The second-order valence-corrected chi connectivity index (χ2v) is 32.1. The standard InChI is InChI=1S/C77H150O17P2/c1-9-69(7)55-47-39-31-25-19-15-11-12-16-20-26-33-43-51-59-76(81)93-72(63-87-74(79)57-49-41-32-28-22-24-30-38-46-54-68(5)6)65-91-95(83,84)89-61-71(78)62-90-96(85,86)92-66-73(64-88-75(80)58-50-42-36-35-40-48-56-70(8)10-2)94-77(82)60-52-44-34-27-21-17-13-14-18-23-29-37-45-53-67(3)4/h67-73,78H,9-66H2,1-8H3,(H,83,84)(H,85,86)/t69?,70?,71-,72-,73-/m1/s1. The van der Waals surface area contributed by atoms with E-state index < -0.39 is 97.5 Å². The maximum atomic E-state index is 13.1. The Hall–Kier alpha value is -1.94. The van der Waals surface area contributed by atoms with Gasteiger partial charge in [-0.2, -0.15) is 0 Å². The molecule has 0 heterocycles. The van der Waals surface area contributed by atoms with E-state index in [1.54, 1.807) is 0 Å². The van der Waals surface area contributed by atoms with Crippen LogP contribution in [0.25, 0.3) is 0 Å². The van der Waals surface area contributed by atoms with Gasteiger partial charge in [0.05, 0.1) is 26.4 Å². The number of aliphatic hydroxyl groups excluding tert-OH is 1. The van der Waals surface area contributed by atoms with Crippen molar-refractivity contribution in [1.29, 1.82) is 0 Å². The molecule has 7 atom stereocenters. The van der Waals surface area contributed by atoms with E-state index in [1.165, 1.54) is 186 Å². The molecular weight excluding hydrogens is 1260 g/mol. The van der Waals surface area contributed by atoms with Gasteiger partial charge in [0, 0.05) is 25.7 Å². The lowest BCUT2D eigenvalue weighted by atomic mass is 9.99. The van der Waals surface area contributed by atoms with Crippen molar-refractivity contribution in [2.75, 3.05) is 39.6 Å². The summed E-state index contributed by atoms with van der Waals surface area (Å²) in [6, 6.07) is 0. The second-order valence-electron chi connectivity index (χ2n) is 29.2. The minimum absolute atomic E-state index is 0.106. The number of hydrogen-bond acceptors (Lipinski definition) is 15. The summed E-state index contributed by atoms with van der Waals surface area (Å²) in [7, 11) is -9.92. The summed E-state index contributed by atoms with van der Waals surface area (Å²) in [5, 5.41) is 10.6. The Morgan fingerprint density at radius 3 is 0.740 bits per heavy atom. The first-order chi connectivity index (χ1) is 46.2. The van der Waals surface area contributed by atoms with E-state index in [2.05, 4.69) is 55.4 Å². The highest BCUT2D eigenvalue weighted by molar-refractivity contribution is 7.47. The zero-order valence-corrected chi connectivity index (χ0v) is 64.8. The minimum Gasteiger partial charge on any atom is -0.462 e. The van der Waals surface area contributed by atoms with E-state index in [0.717, 1.165) is 120 Å². The van der Waals surface area contributed by atoms with Crippen LogP contribution in [0.15, 0.2) is 0 Å². The summed E-state index contributed by atoms with van der Waals surface area (Å²) in [6.07, 6.45) is 51.3. The van der Waals surface area contributed by atoms with Crippen LogP contribution in [-0.2, 0) is 65.4 Å². The van der Waals surface area contributed by atoms with Gasteiger partial charge in [0.1, 0.15) is 19.3 Å². The van der Waals surface area contributed by atoms with Gasteiger partial charge in [0.25, 0.3) is 0 Å². The molecular formula is C77H150O17P2. The molecule has 0 saturated heterocycles. The Balaban J connectivity index is 5.24. The Kier molecular flexibility index (Phi) is 65.0. The van der Waals surface area contributed by atoms with Gasteiger partial charge in [0.15, 0.2) is 12.2 Å². The lowest BCUT2D eigenvalue weighted by Crippen LogP contribution is -2.30. The van der Waals surface area contributed by atoms with E-state index in [9.17, 15) is 43.2 Å². The third-order valence-electron chi connectivity index (χ3n) is 18.5. The van der Waals surface area contributed by atoms with Crippen LogP contribution in [-0.4, -0.2) is 96.7 Å². The van der Waals surface area contributed by atoms with Crippen LogP contribution in [0.2, 0.25) is 0 Å². The van der Waals surface area contributed by atoms with E-state index in [4.69, 9.17) is 37.0 Å². The summed E-state index contributed by atoms with van der Waals surface area (Å²) >= 11 is 0. The highest BCUT2D eigenvalue weighted by atomic mass is 31.2. The lowest BCUT2D eigenvalue weighted by Gasteiger charge is -2.21. The molecule has 3 N–H and O–H groups in total. The van der Waals surface area contributed by atoms with Crippen LogP contribution in [0.4, 0.5) is 0 Å². The number of esters is 4. The number of carbonyl (C=O) groups is 4. The van der Waals surface area contributed by atoms with Crippen LogP contribution in [0.5, 0.6) is 0 Å². The van der Waals surface area contributed by atoms with E-state index in [1.807, 2.05) is 0 Å². The summed E-state index contributed by atoms with van der Waals surface area (Å²) in [5.41, 5.74) is 0. The van der Waals surface area contributed by atoms with Gasteiger partial charge >= 0.3 is 39.5 Å². The molecule has 17 nitrogen and oxygen atoms in total. The molecule has 19 heteroatoms. The van der Waals surface area contributed by atoms with Crippen molar-refractivity contribution in [3.8, 4) is 0 Å². The summed E-state index contributed by atoms with van der Waals surface area (Å²) in [5.74, 6) is 0.987. The number of aliphatic hydroxyl groups is 1. The van der Waals surface area contributed by atoms with Crippen LogP contribution < -0.4 is 0 Å². The Labute approximate surface area is 588 Å². The van der Waals surface area contributed by atoms with Crippen molar-refractivity contribution in [2.45, 2.75) is 408 Å². The van der Waals surface area contributed by atoms with Crippen molar-refractivity contribution in [2.24, 2.45) is 23.7 Å². The number of phosphoric acid groups is 2. The molecule has 96 heavy (non-hydrogen) atoms. The molecule has 0 aliphatic carbocycles. The molecule has 4 unspecified atom stereocenters. The maximum absolute atomic E-state index is 13.1. The number of ether oxygens (including phenoxy) is 4. The van der Waals surface area contributed by atoms with Gasteiger partial charge in [-0.3, -0.25) is 37.3 Å². The number of rotatable bonds is 74. The fraction of sp³-hybridized carbons (Fsp3) is 0.948. The molecule has 0 aliphatic rings. The van der Waals surface area contributed by atoms with Gasteiger partial charge < -0.3 is 33.8 Å². The second kappa shape index (κ2) is 66.3. The molecule has 0 aliphatic heterocycles. The average Bonchev–Trinajstić information content (AvgIpc) is 2.16. The number of unbranched alkanes of at least 4 members (excludes halogenated alkanes) is 38. The molecule has 0 amide bonds. The maximum Gasteiger partial charge on any atom is 0.472 e. The normalized spacial score (nSPS) is 14.7. The van der Waals surface area contributed by atoms with Gasteiger partial charge in [0.2, 0.25) is 0 Å². The number of carbonyl (C=O) groups excluding carboxylic acids is 4. The third kappa shape index (κ3) is 67.9. The SMILES string of the molecule is CCC(C)CCCCCCCCCCCCCCCCC(=O)O[C@H](COC(=O)CCCCCCCCCCCC(C)C)COP(=O)(O)OC[C@@H](O)COP(=O)(O)OC[C@@H](COC(=O)CCCCCCCCC(C)CC)OC(=O)CCCCCCCCCCCCCCCC(C)C. The van der Waals surface area contributed by atoms with Crippen molar-refractivity contribution in [3.05, 3.63) is 0 Å². The Morgan fingerprint density at radius 2 is 0.500 bits per heavy atom. The van der Waals surface area contributed by atoms with Crippen LogP contribution in [0.3, 0.4) is 0 Å². The smallest absolute Gasteiger partial charge is 0.462 e. The number of phosphoric ester groups is 2. The van der Waals surface area contributed by atoms with E-state index in [-0.39, 0.29) is 25.7 Å². The minimum atomic E-state index is -4.96. The molecule has 0 aromatic carbocycles. The Bertz CT molecular complexity index is 1890. The lowest BCUT2D eigenvalue weighted by molar-refractivity contribution is -0.161. The molecule has 0 fully saturated rings. The molecule has 0 aromatic rings. The summed E-state index contributed by atoms with van der Waals surface area (Å²) in [6.45, 7) is 14.2. The van der Waals surface area contributed by atoms with Crippen LogP contribution in [0.1, 0.15) is 389 Å². The van der Waals surface area contributed by atoms with E-state index >= 15 is 0 Å². The molecule has 0 bridgehead atoms. The van der Waals surface area contributed by atoms with Crippen molar-refractivity contribution in [1.82, 2.24) is 0 Å². The monoisotopic (exact) mass is 1410 g/mol.